The third-order valence-corrected chi connectivity index (χ3v) is 7.49. The van der Waals surface area contributed by atoms with E-state index < -0.39 is 10.0 Å². The number of hydrogen-bond acceptors (Lipinski definition) is 5. The Kier molecular flexibility index (Phi) is 7.48. The molecule has 0 radical (unpaired) electrons. The van der Waals surface area contributed by atoms with E-state index in [1.807, 2.05) is 18.2 Å². The molecule has 2 atom stereocenters. The van der Waals surface area contributed by atoms with Gasteiger partial charge in [-0.15, -0.1) is 0 Å². The minimum Gasteiger partial charge on any atom is -0.373 e. The van der Waals surface area contributed by atoms with Gasteiger partial charge in [0.15, 0.2) is 0 Å². The lowest BCUT2D eigenvalue weighted by Gasteiger charge is -2.35. The summed E-state index contributed by atoms with van der Waals surface area (Å²) in [6.45, 7) is 6.67. The second-order valence-electron chi connectivity index (χ2n) is 9.20. The molecule has 2 aromatic rings. The van der Waals surface area contributed by atoms with Crippen LogP contribution < -0.4 is 10.0 Å². The van der Waals surface area contributed by atoms with E-state index in [-0.39, 0.29) is 29.1 Å². The first-order chi connectivity index (χ1) is 15.8. The summed E-state index contributed by atoms with van der Waals surface area (Å²) < 4.78 is 33.1. The van der Waals surface area contributed by atoms with Crippen LogP contribution in [0.15, 0.2) is 53.4 Å². The van der Waals surface area contributed by atoms with Gasteiger partial charge >= 0.3 is 0 Å². The molecule has 1 saturated heterocycles. The van der Waals surface area contributed by atoms with Crippen LogP contribution >= 0.6 is 0 Å². The number of carbonyl (C=O) groups is 1. The Hall–Kier alpha value is -2.26. The maximum Gasteiger partial charge on any atom is 0.240 e. The Balaban J connectivity index is 1.31. The van der Waals surface area contributed by atoms with Crippen molar-refractivity contribution in [3.05, 3.63) is 59.7 Å². The summed E-state index contributed by atoms with van der Waals surface area (Å²) in [5.74, 6) is -0.0572. The molecule has 7 nitrogen and oxygen atoms in total. The van der Waals surface area contributed by atoms with E-state index >= 15 is 0 Å². The second kappa shape index (κ2) is 10.3. The van der Waals surface area contributed by atoms with Gasteiger partial charge in [0.25, 0.3) is 0 Å². The van der Waals surface area contributed by atoms with Crippen LogP contribution in [0.25, 0.3) is 0 Å². The topological polar surface area (TPSA) is 87.7 Å². The number of anilines is 1. The van der Waals surface area contributed by atoms with Crippen LogP contribution in [0.3, 0.4) is 0 Å². The van der Waals surface area contributed by atoms with Gasteiger partial charge in [0.2, 0.25) is 15.9 Å². The molecule has 4 rings (SSSR count). The van der Waals surface area contributed by atoms with Gasteiger partial charge in [0.05, 0.1) is 17.1 Å². The van der Waals surface area contributed by atoms with E-state index in [1.165, 1.54) is 0 Å². The van der Waals surface area contributed by atoms with Crippen molar-refractivity contribution >= 4 is 21.6 Å². The zero-order chi connectivity index (χ0) is 23.4. The number of rotatable bonds is 9. The Morgan fingerprint density at radius 2 is 1.70 bits per heavy atom. The Morgan fingerprint density at radius 3 is 2.36 bits per heavy atom. The van der Waals surface area contributed by atoms with Gasteiger partial charge in [0, 0.05) is 37.8 Å². The van der Waals surface area contributed by atoms with Gasteiger partial charge in [-0.05, 0) is 62.4 Å². The molecule has 1 aliphatic heterocycles. The van der Waals surface area contributed by atoms with Crippen molar-refractivity contribution in [2.45, 2.75) is 69.2 Å². The fourth-order valence-corrected chi connectivity index (χ4v) is 5.53. The molecular weight excluding hydrogens is 438 g/mol. The van der Waals surface area contributed by atoms with E-state index in [9.17, 15) is 13.2 Å². The highest BCUT2D eigenvalue weighted by atomic mass is 32.2. The number of ether oxygens (including phenoxy) is 1. The van der Waals surface area contributed by atoms with Gasteiger partial charge in [-0.2, -0.15) is 0 Å². The van der Waals surface area contributed by atoms with E-state index in [2.05, 4.69) is 34.9 Å². The molecule has 2 aliphatic rings. The first-order valence-corrected chi connectivity index (χ1v) is 13.1. The Labute approximate surface area is 196 Å². The number of sulfonamides is 1. The number of carbonyl (C=O) groups excluding carboxylic acids is 1. The fourth-order valence-electron chi connectivity index (χ4n) is 4.23. The van der Waals surface area contributed by atoms with Crippen LogP contribution in [-0.4, -0.2) is 50.6 Å². The number of para-hydroxylation sites is 1. The zero-order valence-corrected chi connectivity index (χ0v) is 20.1. The second-order valence-corrected chi connectivity index (χ2v) is 10.9. The first kappa shape index (κ1) is 23.9. The van der Waals surface area contributed by atoms with Gasteiger partial charge in [0.1, 0.15) is 0 Å². The lowest BCUT2D eigenvalue weighted by Crippen LogP contribution is -2.44. The van der Waals surface area contributed by atoms with Gasteiger partial charge in [-0.1, -0.05) is 30.3 Å². The molecule has 1 aliphatic carbocycles. The summed E-state index contributed by atoms with van der Waals surface area (Å²) in [5, 5.41) is 3.05. The average molecular weight is 472 g/mol. The van der Waals surface area contributed by atoms with Crippen molar-refractivity contribution in [2.24, 2.45) is 0 Å². The fraction of sp³-hybridized carbons (Fsp3) is 0.480. The Bertz CT molecular complexity index is 1060. The number of amides is 1. The molecule has 8 heteroatoms. The number of nitrogens with zero attached hydrogens (tertiary/aromatic N) is 1. The number of aryl methyl sites for hydroxylation is 1. The quantitative estimate of drug-likeness (QED) is 0.586. The first-order valence-electron chi connectivity index (χ1n) is 11.7. The third kappa shape index (κ3) is 6.86. The molecule has 2 N–H and O–H groups in total. The lowest BCUT2D eigenvalue weighted by molar-refractivity contribution is -0.116. The predicted molar refractivity (Wildman–Crippen MR) is 128 cm³/mol. The van der Waals surface area contributed by atoms with Gasteiger partial charge in [-0.3, -0.25) is 9.69 Å². The highest BCUT2D eigenvalue weighted by molar-refractivity contribution is 7.89. The SMILES string of the molecule is CC1CN(Cc2ccccc2NC(=O)CCc2ccc(S(=O)(=O)NC3CC3)cc2)CC(C)O1. The van der Waals surface area contributed by atoms with Crippen LogP contribution in [0.5, 0.6) is 0 Å². The summed E-state index contributed by atoms with van der Waals surface area (Å²) in [5.41, 5.74) is 2.85. The van der Waals surface area contributed by atoms with Crippen LogP contribution in [0.4, 0.5) is 5.69 Å². The van der Waals surface area contributed by atoms with E-state index in [0.29, 0.717) is 12.8 Å². The summed E-state index contributed by atoms with van der Waals surface area (Å²) >= 11 is 0. The minimum atomic E-state index is -3.45. The number of hydrogen-bond donors (Lipinski definition) is 2. The summed E-state index contributed by atoms with van der Waals surface area (Å²) in [6, 6.07) is 14.8. The molecule has 33 heavy (non-hydrogen) atoms. The minimum absolute atomic E-state index is 0.0572. The zero-order valence-electron chi connectivity index (χ0n) is 19.3. The van der Waals surface area contributed by atoms with Crippen molar-refractivity contribution in [1.82, 2.24) is 9.62 Å². The molecule has 2 fully saturated rings. The van der Waals surface area contributed by atoms with E-state index in [4.69, 9.17) is 4.74 Å². The van der Waals surface area contributed by atoms with Crippen LogP contribution in [-0.2, 0) is 32.5 Å². The average Bonchev–Trinajstić information content (AvgIpc) is 3.57. The van der Waals surface area contributed by atoms with Gasteiger partial charge < -0.3 is 10.1 Å². The summed E-state index contributed by atoms with van der Waals surface area (Å²) in [7, 11) is -3.45. The van der Waals surface area contributed by atoms with E-state index in [0.717, 1.165) is 49.3 Å². The van der Waals surface area contributed by atoms with Crippen molar-refractivity contribution in [3.8, 4) is 0 Å². The van der Waals surface area contributed by atoms with Crippen molar-refractivity contribution < 1.29 is 17.9 Å². The number of morpholine rings is 1. The molecule has 1 saturated carbocycles. The maximum absolute atomic E-state index is 12.6. The molecule has 1 heterocycles. The monoisotopic (exact) mass is 471 g/mol. The summed E-state index contributed by atoms with van der Waals surface area (Å²) in [4.78, 5) is 15.3. The number of nitrogens with one attached hydrogen (secondary N) is 2. The summed E-state index contributed by atoms with van der Waals surface area (Å²) in [6.07, 6.45) is 3.07. The molecule has 0 aromatic heterocycles. The van der Waals surface area contributed by atoms with Crippen molar-refractivity contribution in [3.63, 3.8) is 0 Å². The van der Waals surface area contributed by atoms with Crippen molar-refractivity contribution in [1.29, 1.82) is 0 Å². The normalized spacial score (nSPS) is 21.6. The molecule has 0 spiro atoms. The molecule has 2 unspecified atom stereocenters. The molecule has 1 amide bonds. The third-order valence-electron chi connectivity index (χ3n) is 5.95. The van der Waals surface area contributed by atoms with E-state index in [1.54, 1.807) is 24.3 Å². The predicted octanol–water partition coefficient (Wildman–Crippen LogP) is 3.31. The highest BCUT2D eigenvalue weighted by Crippen LogP contribution is 2.23. The molecular formula is C25H33N3O4S. The number of benzene rings is 2. The molecule has 0 bridgehead atoms. The van der Waals surface area contributed by atoms with Crippen LogP contribution in [0, 0.1) is 0 Å². The Morgan fingerprint density at radius 1 is 1.03 bits per heavy atom. The smallest absolute Gasteiger partial charge is 0.240 e. The standard InChI is InChI=1S/C25H33N3O4S/c1-18-15-28(16-19(2)32-18)17-21-5-3-4-6-24(21)26-25(29)14-9-20-7-12-23(13-8-20)33(30,31)27-22-10-11-22/h3-8,12-13,18-19,22,27H,9-11,14-17H2,1-2H3,(H,26,29). The van der Waals surface area contributed by atoms with Gasteiger partial charge in [-0.25, -0.2) is 13.1 Å². The van der Waals surface area contributed by atoms with Crippen LogP contribution in [0.2, 0.25) is 0 Å². The maximum atomic E-state index is 12.6. The molecule has 2 aromatic carbocycles. The van der Waals surface area contributed by atoms with Crippen LogP contribution in [0.1, 0.15) is 44.2 Å². The molecule has 178 valence electrons. The largest absolute Gasteiger partial charge is 0.373 e. The van der Waals surface area contributed by atoms with Crippen molar-refractivity contribution in [2.75, 3.05) is 18.4 Å². The lowest BCUT2D eigenvalue weighted by atomic mass is 10.1. The highest BCUT2D eigenvalue weighted by Gasteiger charge is 2.28.